The van der Waals surface area contributed by atoms with E-state index in [0.717, 1.165) is 13.0 Å². The van der Waals surface area contributed by atoms with Gasteiger partial charge in [-0.25, -0.2) is 0 Å². The summed E-state index contributed by atoms with van der Waals surface area (Å²) in [6.07, 6.45) is 4.37. The molecule has 6 heteroatoms. The molecule has 1 atom stereocenters. The van der Waals surface area contributed by atoms with Crippen LogP contribution in [0.25, 0.3) is 0 Å². The summed E-state index contributed by atoms with van der Waals surface area (Å²) in [6, 6.07) is 8.76. The van der Waals surface area contributed by atoms with Gasteiger partial charge in [0.05, 0.1) is 36.2 Å². The van der Waals surface area contributed by atoms with Gasteiger partial charge in [0.25, 0.3) is 5.91 Å². The van der Waals surface area contributed by atoms with E-state index in [2.05, 4.69) is 10.4 Å². The molecular formula is C15H14N4O2. The Kier molecular flexibility index (Phi) is 3.67. The van der Waals surface area contributed by atoms with Crippen LogP contribution in [0.15, 0.2) is 36.7 Å². The van der Waals surface area contributed by atoms with Crippen LogP contribution in [0.5, 0.6) is 0 Å². The number of carbonyl (C=O) groups excluding carboxylic acids is 1. The molecule has 1 aliphatic rings. The number of nitriles is 1. The number of nitrogens with zero attached hydrogens (tertiary/aromatic N) is 3. The first kappa shape index (κ1) is 13.3. The van der Waals surface area contributed by atoms with Crippen LogP contribution >= 0.6 is 0 Å². The van der Waals surface area contributed by atoms with Gasteiger partial charge in [-0.15, -0.1) is 0 Å². The second-order valence-corrected chi connectivity index (χ2v) is 4.87. The van der Waals surface area contributed by atoms with Crippen molar-refractivity contribution in [2.24, 2.45) is 0 Å². The first-order valence-electron chi connectivity index (χ1n) is 6.69. The van der Waals surface area contributed by atoms with Gasteiger partial charge in [0.1, 0.15) is 0 Å². The number of anilines is 1. The average molecular weight is 282 g/mol. The van der Waals surface area contributed by atoms with Crippen LogP contribution in [0.4, 0.5) is 5.69 Å². The summed E-state index contributed by atoms with van der Waals surface area (Å²) in [5, 5.41) is 15.8. The van der Waals surface area contributed by atoms with Crippen molar-refractivity contribution in [2.45, 2.75) is 12.5 Å². The Labute approximate surface area is 121 Å². The third-order valence-electron chi connectivity index (χ3n) is 3.42. The molecule has 0 saturated carbocycles. The molecule has 1 saturated heterocycles. The fraction of sp³-hybridized carbons (Fsp3) is 0.267. The Hall–Kier alpha value is -2.65. The van der Waals surface area contributed by atoms with E-state index in [1.54, 1.807) is 36.7 Å². The van der Waals surface area contributed by atoms with E-state index in [1.165, 1.54) is 0 Å². The lowest BCUT2D eigenvalue weighted by Gasteiger charge is -2.07. The van der Waals surface area contributed by atoms with Crippen LogP contribution in [0.3, 0.4) is 0 Å². The first-order chi connectivity index (χ1) is 10.3. The maximum Gasteiger partial charge on any atom is 0.255 e. The Balaban J connectivity index is 1.68. The van der Waals surface area contributed by atoms with E-state index in [0.29, 0.717) is 23.4 Å². The number of hydrogen-bond donors (Lipinski definition) is 1. The van der Waals surface area contributed by atoms with E-state index in [-0.39, 0.29) is 11.9 Å². The quantitative estimate of drug-likeness (QED) is 0.933. The molecule has 1 unspecified atom stereocenters. The molecule has 1 N–H and O–H groups in total. The van der Waals surface area contributed by atoms with Gasteiger partial charge in [0, 0.05) is 18.4 Å². The first-order valence-corrected chi connectivity index (χ1v) is 6.69. The summed E-state index contributed by atoms with van der Waals surface area (Å²) >= 11 is 0. The van der Waals surface area contributed by atoms with Crippen LogP contribution in [-0.2, 0) is 4.74 Å². The molecule has 21 heavy (non-hydrogen) atoms. The molecular weight excluding hydrogens is 268 g/mol. The number of benzene rings is 1. The highest BCUT2D eigenvalue weighted by Crippen LogP contribution is 2.20. The zero-order valence-electron chi connectivity index (χ0n) is 11.3. The Bertz CT molecular complexity index is 678. The number of aromatic nitrogens is 2. The van der Waals surface area contributed by atoms with Crippen LogP contribution in [-0.4, -0.2) is 28.9 Å². The number of carbonyl (C=O) groups is 1. The van der Waals surface area contributed by atoms with Crippen molar-refractivity contribution in [3.8, 4) is 6.07 Å². The van der Waals surface area contributed by atoms with E-state index >= 15 is 0 Å². The second-order valence-electron chi connectivity index (χ2n) is 4.87. The smallest absolute Gasteiger partial charge is 0.255 e. The summed E-state index contributed by atoms with van der Waals surface area (Å²) in [4.78, 5) is 12.1. The van der Waals surface area contributed by atoms with Crippen molar-refractivity contribution < 1.29 is 9.53 Å². The van der Waals surface area contributed by atoms with Crippen molar-refractivity contribution in [3.63, 3.8) is 0 Å². The van der Waals surface area contributed by atoms with Crippen molar-refractivity contribution in [1.29, 1.82) is 5.26 Å². The molecule has 0 bridgehead atoms. The Morgan fingerprint density at radius 1 is 1.43 bits per heavy atom. The molecule has 2 aromatic rings. The summed E-state index contributed by atoms with van der Waals surface area (Å²) in [5.74, 6) is -0.221. The van der Waals surface area contributed by atoms with Crippen molar-refractivity contribution >= 4 is 11.6 Å². The van der Waals surface area contributed by atoms with Gasteiger partial charge in [-0.3, -0.25) is 9.48 Å². The van der Waals surface area contributed by atoms with Gasteiger partial charge in [-0.2, -0.15) is 10.4 Å². The lowest BCUT2D eigenvalue weighted by molar-refractivity contribution is 0.102. The minimum absolute atomic E-state index is 0.221. The summed E-state index contributed by atoms with van der Waals surface area (Å²) in [6.45, 7) is 1.40. The van der Waals surface area contributed by atoms with Gasteiger partial charge < -0.3 is 10.1 Å². The van der Waals surface area contributed by atoms with Gasteiger partial charge in [0.2, 0.25) is 0 Å². The Morgan fingerprint density at radius 2 is 2.24 bits per heavy atom. The van der Waals surface area contributed by atoms with Crippen molar-refractivity contribution in [1.82, 2.24) is 9.78 Å². The van der Waals surface area contributed by atoms with E-state index < -0.39 is 0 Å². The number of ether oxygens (including phenoxy) is 1. The summed E-state index contributed by atoms with van der Waals surface area (Å²) < 4.78 is 7.14. The predicted molar refractivity (Wildman–Crippen MR) is 75.8 cm³/mol. The minimum Gasteiger partial charge on any atom is -0.379 e. The lowest BCUT2D eigenvalue weighted by atomic mass is 10.1. The molecule has 1 aromatic carbocycles. The molecule has 0 aliphatic carbocycles. The lowest BCUT2D eigenvalue weighted by Crippen LogP contribution is -2.12. The molecule has 6 nitrogen and oxygen atoms in total. The summed E-state index contributed by atoms with van der Waals surface area (Å²) in [5.41, 5.74) is 1.68. The van der Waals surface area contributed by atoms with Crippen molar-refractivity contribution in [2.75, 3.05) is 18.5 Å². The fourth-order valence-corrected chi connectivity index (χ4v) is 2.23. The molecule has 1 aromatic heterocycles. The minimum atomic E-state index is -0.221. The molecule has 0 radical (unpaired) electrons. The zero-order chi connectivity index (χ0) is 14.7. The topological polar surface area (TPSA) is 79.9 Å². The monoisotopic (exact) mass is 282 g/mol. The van der Waals surface area contributed by atoms with Gasteiger partial charge in [-0.05, 0) is 30.7 Å². The normalized spacial score (nSPS) is 17.4. The largest absolute Gasteiger partial charge is 0.379 e. The Morgan fingerprint density at radius 3 is 2.90 bits per heavy atom. The van der Waals surface area contributed by atoms with E-state index in [4.69, 9.17) is 10.00 Å². The van der Waals surface area contributed by atoms with Crippen molar-refractivity contribution in [3.05, 3.63) is 47.8 Å². The van der Waals surface area contributed by atoms with Crippen LogP contribution in [0.1, 0.15) is 28.4 Å². The average Bonchev–Trinajstić information content (AvgIpc) is 3.18. The molecule has 0 spiro atoms. The number of rotatable bonds is 3. The fourth-order valence-electron chi connectivity index (χ4n) is 2.23. The predicted octanol–water partition coefficient (Wildman–Crippen LogP) is 1.97. The van der Waals surface area contributed by atoms with Gasteiger partial charge in [-0.1, -0.05) is 0 Å². The summed E-state index contributed by atoms with van der Waals surface area (Å²) in [7, 11) is 0. The molecule has 1 aliphatic heterocycles. The van der Waals surface area contributed by atoms with Crippen LogP contribution < -0.4 is 5.32 Å². The molecule has 2 heterocycles. The highest BCUT2D eigenvalue weighted by atomic mass is 16.5. The number of nitrogens with one attached hydrogen (secondary N) is 1. The standard InChI is InChI=1S/C15H14N4O2/c16-7-11-1-3-12(4-2-11)15(20)18-13-8-17-19(9-13)14-5-6-21-10-14/h1-4,8-9,14H,5-6,10H2,(H,18,20). The SMILES string of the molecule is N#Cc1ccc(C(=O)Nc2cnn(C3CCOC3)c2)cc1. The maximum atomic E-state index is 12.1. The highest BCUT2D eigenvalue weighted by Gasteiger charge is 2.18. The van der Waals surface area contributed by atoms with Crippen LogP contribution in [0.2, 0.25) is 0 Å². The number of amides is 1. The van der Waals surface area contributed by atoms with Crippen LogP contribution in [0, 0.1) is 11.3 Å². The van der Waals surface area contributed by atoms with Gasteiger partial charge in [0.15, 0.2) is 0 Å². The maximum absolute atomic E-state index is 12.1. The van der Waals surface area contributed by atoms with Gasteiger partial charge >= 0.3 is 0 Å². The third kappa shape index (κ3) is 2.93. The molecule has 1 amide bonds. The molecule has 106 valence electrons. The highest BCUT2D eigenvalue weighted by molar-refractivity contribution is 6.04. The van der Waals surface area contributed by atoms with E-state index in [1.807, 2.05) is 10.8 Å². The van der Waals surface area contributed by atoms with E-state index in [9.17, 15) is 4.79 Å². The zero-order valence-corrected chi connectivity index (χ0v) is 11.3. The molecule has 3 rings (SSSR count). The number of hydrogen-bond acceptors (Lipinski definition) is 4. The third-order valence-corrected chi connectivity index (χ3v) is 3.42. The molecule has 1 fully saturated rings. The second kappa shape index (κ2) is 5.77.